The van der Waals surface area contributed by atoms with Crippen LogP contribution in [0.2, 0.25) is 0 Å². The zero-order chi connectivity index (χ0) is 18.5. The van der Waals surface area contributed by atoms with Crippen LogP contribution in [0.4, 0.5) is 18.9 Å². The largest absolute Gasteiger partial charge is 0.418 e. The van der Waals surface area contributed by atoms with Crippen LogP contribution in [-0.2, 0) is 20.8 Å². The standard InChI is InChI=1S/C15H22F3NO4S/c1-10(2)8-23-9-11(20)7-19-14-5-4-12(24(3,21)22)6-13(14)15(16,17)18/h4-6,10-11,19-20H,7-9H2,1-3H3/t11-/m1/s1. The molecule has 0 spiro atoms. The highest BCUT2D eigenvalue weighted by molar-refractivity contribution is 7.90. The molecule has 1 rings (SSSR count). The first-order valence-electron chi connectivity index (χ1n) is 7.32. The fraction of sp³-hybridized carbons (Fsp3) is 0.600. The van der Waals surface area contributed by atoms with E-state index in [0.717, 1.165) is 18.4 Å². The van der Waals surface area contributed by atoms with Crippen molar-refractivity contribution in [3.8, 4) is 0 Å². The van der Waals surface area contributed by atoms with Crippen LogP contribution in [0.1, 0.15) is 19.4 Å². The Morgan fingerprint density at radius 1 is 1.25 bits per heavy atom. The predicted octanol–water partition coefficient (Wildman–Crippen LogP) is 2.55. The molecule has 1 aromatic carbocycles. The van der Waals surface area contributed by atoms with Crippen molar-refractivity contribution in [1.29, 1.82) is 0 Å². The van der Waals surface area contributed by atoms with E-state index < -0.39 is 32.6 Å². The van der Waals surface area contributed by atoms with Gasteiger partial charge in [0.05, 0.1) is 23.2 Å². The quantitative estimate of drug-likeness (QED) is 0.737. The van der Waals surface area contributed by atoms with E-state index in [4.69, 9.17) is 4.74 Å². The molecule has 0 unspecified atom stereocenters. The fourth-order valence-electron chi connectivity index (χ4n) is 1.87. The number of aliphatic hydroxyl groups is 1. The van der Waals surface area contributed by atoms with Gasteiger partial charge in [0.2, 0.25) is 0 Å². The average molecular weight is 369 g/mol. The molecule has 1 aromatic rings. The Bertz CT molecular complexity index is 645. The number of ether oxygens (including phenoxy) is 1. The van der Waals surface area contributed by atoms with Crippen LogP contribution in [0.15, 0.2) is 23.1 Å². The predicted molar refractivity (Wildman–Crippen MR) is 84.7 cm³/mol. The summed E-state index contributed by atoms with van der Waals surface area (Å²) in [5, 5.41) is 12.2. The molecule has 0 bridgehead atoms. The Balaban J connectivity index is 2.84. The van der Waals surface area contributed by atoms with Crippen molar-refractivity contribution in [3.63, 3.8) is 0 Å². The van der Waals surface area contributed by atoms with Crippen LogP contribution in [-0.4, -0.2) is 45.6 Å². The van der Waals surface area contributed by atoms with Crippen LogP contribution in [0.5, 0.6) is 0 Å². The van der Waals surface area contributed by atoms with E-state index >= 15 is 0 Å². The molecule has 5 nitrogen and oxygen atoms in total. The van der Waals surface area contributed by atoms with Gasteiger partial charge in [-0.25, -0.2) is 8.42 Å². The maximum atomic E-state index is 13.1. The van der Waals surface area contributed by atoms with E-state index in [1.165, 1.54) is 0 Å². The van der Waals surface area contributed by atoms with Gasteiger partial charge in [0.25, 0.3) is 0 Å². The topological polar surface area (TPSA) is 75.6 Å². The number of halogens is 3. The molecule has 138 valence electrons. The van der Waals surface area contributed by atoms with Gasteiger partial charge in [-0.1, -0.05) is 13.8 Å². The Morgan fingerprint density at radius 2 is 1.88 bits per heavy atom. The van der Waals surface area contributed by atoms with Gasteiger partial charge in [0.1, 0.15) is 0 Å². The van der Waals surface area contributed by atoms with Crippen molar-refractivity contribution in [2.45, 2.75) is 31.0 Å². The zero-order valence-corrected chi connectivity index (χ0v) is 14.5. The van der Waals surface area contributed by atoms with Gasteiger partial charge >= 0.3 is 6.18 Å². The lowest BCUT2D eigenvalue weighted by molar-refractivity contribution is -0.137. The van der Waals surface area contributed by atoms with Gasteiger partial charge in [-0.2, -0.15) is 13.2 Å². The summed E-state index contributed by atoms with van der Waals surface area (Å²) in [5.74, 6) is 0.283. The summed E-state index contributed by atoms with van der Waals surface area (Å²) in [7, 11) is -3.75. The van der Waals surface area contributed by atoms with E-state index in [0.29, 0.717) is 12.7 Å². The third kappa shape index (κ3) is 6.66. The molecule has 0 heterocycles. The number of benzene rings is 1. The molecule has 0 saturated heterocycles. The molecule has 0 aliphatic heterocycles. The first-order valence-corrected chi connectivity index (χ1v) is 9.21. The third-order valence-electron chi connectivity index (χ3n) is 3.01. The second kappa shape index (κ2) is 8.17. The van der Waals surface area contributed by atoms with Crippen molar-refractivity contribution in [2.75, 3.05) is 31.3 Å². The summed E-state index contributed by atoms with van der Waals surface area (Å²) in [6.45, 7) is 4.15. The van der Waals surface area contributed by atoms with Gasteiger partial charge in [0, 0.05) is 25.1 Å². The molecule has 0 fully saturated rings. The van der Waals surface area contributed by atoms with E-state index in [2.05, 4.69) is 5.32 Å². The number of sulfone groups is 1. The van der Waals surface area contributed by atoms with Crippen molar-refractivity contribution in [2.24, 2.45) is 5.92 Å². The number of aliphatic hydroxyl groups excluding tert-OH is 1. The molecular formula is C15H22F3NO4S. The summed E-state index contributed by atoms with van der Waals surface area (Å²) < 4.78 is 67.4. The summed E-state index contributed by atoms with van der Waals surface area (Å²) in [6.07, 6.45) is -4.87. The van der Waals surface area contributed by atoms with Crippen LogP contribution < -0.4 is 5.32 Å². The number of nitrogens with one attached hydrogen (secondary N) is 1. The molecule has 0 aliphatic rings. The normalized spacial score (nSPS) is 14.0. The summed E-state index contributed by atoms with van der Waals surface area (Å²) in [6, 6.07) is 2.72. The van der Waals surface area contributed by atoms with Crippen LogP contribution in [0.25, 0.3) is 0 Å². The maximum Gasteiger partial charge on any atom is 0.418 e. The molecule has 9 heteroatoms. The van der Waals surface area contributed by atoms with Crippen LogP contribution in [0.3, 0.4) is 0 Å². The zero-order valence-electron chi connectivity index (χ0n) is 13.7. The second-order valence-corrected chi connectivity index (χ2v) is 7.96. The van der Waals surface area contributed by atoms with E-state index in [9.17, 15) is 26.7 Å². The minimum Gasteiger partial charge on any atom is -0.389 e. The second-order valence-electron chi connectivity index (χ2n) is 5.94. The molecule has 0 radical (unpaired) electrons. The van der Waals surface area contributed by atoms with Crippen LogP contribution >= 0.6 is 0 Å². The Labute approximate surface area is 139 Å². The molecule has 0 aliphatic carbocycles. The fourth-order valence-corrected chi connectivity index (χ4v) is 2.52. The van der Waals surface area contributed by atoms with Crippen molar-refractivity contribution >= 4 is 15.5 Å². The lowest BCUT2D eigenvalue weighted by Gasteiger charge is -2.18. The van der Waals surface area contributed by atoms with Gasteiger partial charge < -0.3 is 15.2 Å². The van der Waals surface area contributed by atoms with Gasteiger partial charge in [-0.15, -0.1) is 0 Å². The summed E-state index contributed by atoms with van der Waals surface area (Å²) >= 11 is 0. The van der Waals surface area contributed by atoms with Crippen molar-refractivity contribution < 1.29 is 31.4 Å². The minimum atomic E-state index is -4.72. The molecule has 0 amide bonds. The summed E-state index contributed by atoms with van der Waals surface area (Å²) in [4.78, 5) is -0.416. The Morgan fingerprint density at radius 3 is 2.38 bits per heavy atom. The highest BCUT2D eigenvalue weighted by atomic mass is 32.2. The number of hydrogen-bond acceptors (Lipinski definition) is 5. The Kier molecular flexibility index (Phi) is 7.06. The first-order chi connectivity index (χ1) is 10.9. The third-order valence-corrected chi connectivity index (χ3v) is 4.12. The molecule has 0 aromatic heterocycles. The smallest absolute Gasteiger partial charge is 0.389 e. The number of alkyl halides is 3. The Hall–Kier alpha value is -1.32. The van der Waals surface area contributed by atoms with Gasteiger partial charge in [-0.05, 0) is 24.1 Å². The van der Waals surface area contributed by atoms with E-state index in [-0.39, 0.29) is 24.8 Å². The highest BCUT2D eigenvalue weighted by Gasteiger charge is 2.34. The number of rotatable bonds is 8. The van der Waals surface area contributed by atoms with Crippen molar-refractivity contribution in [3.05, 3.63) is 23.8 Å². The first kappa shape index (κ1) is 20.7. The van der Waals surface area contributed by atoms with E-state index in [1.807, 2.05) is 13.8 Å². The summed E-state index contributed by atoms with van der Waals surface area (Å²) in [5.41, 5.74) is -1.39. The lowest BCUT2D eigenvalue weighted by Crippen LogP contribution is -2.26. The molecule has 1 atom stereocenters. The number of anilines is 1. The monoisotopic (exact) mass is 369 g/mol. The lowest BCUT2D eigenvalue weighted by atomic mass is 10.1. The van der Waals surface area contributed by atoms with Crippen molar-refractivity contribution in [1.82, 2.24) is 0 Å². The molecule has 2 N–H and O–H groups in total. The van der Waals surface area contributed by atoms with Crippen LogP contribution in [0, 0.1) is 5.92 Å². The van der Waals surface area contributed by atoms with Gasteiger partial charge in [0.15, 0.2) is 9.84 Å². The minimum absolute atomic E-state index is 0.00600. The van der Waals surface area contributed by atoms with E-state index in [1.54, 1.807) is 0 Å². The maximum absolute atomic E-state index is 13.1. The highest BCUT2D eigenvalue weighted by Crippen LogP contribution is 2.36. The molecular weight excluding hydrogens is 347 g/mol. The average Bonchev–Trinajstić information content (AvgIpc) is 2.42. The molecule has 24 heavy (non-hydrogen) atoms. The van der Waals surface area contributed by atoms with Gasteiger partial charge in [-0.3, -0.25) is 0 Å². The SMILES string of the molecule is CC(C)COC[C@H](O)CNc1ccc(S(C)(=O)=O)cc1C(F)(F)F. The molecule has 0 saturated carbocycles. The number of hydrogen-bond donors (Lipinski definition) is 2.